The van der Waals surface area contributed by atoms with Crippen molar-refractivity contribution in [3.8, 4) is 5.75 Å². The van der Waals surface area contributed by atoms with Crippen LogP contribution in [0.15, 0.2) is 35.6 Å². The number of ketones is 1. The second-order valence-corrected chi connectivity index (χ2v) is 7.63. The number of benzene rings is 1. The smallest absolute Gasteiger partial charge is 0.290 e. The highest BCUT2D eigenvalue weighted by Gasteiger charge is 2.43. The molecule has 1 heterocycles. The van der Waals surface area contributed by atoms with Gasteiger partial charge in [0.1, 0.15) is 5.75 Å². The number of hydrogen-bond acceptors (Lipinski definition) is 4. The van der Waals surface area contributed by atoms with Crippen molar-refractivity contribution in [2.45, 2.75) is 66.0 Å². The predicted octanol–water partition coefficient (Wildman–Crippen LogP) is 4.58. The lowest BCUT2D eigenvalue weighted by Gasteiger charge is -2.27. The largest absolute Gasteiger partial charge is 0.503 e. The van der Waals surface area contributed by atoms with E-state index in [1.807, 2.05) is 38.1 Å². The fourth-order valence-corrected chi connectivity index (χ4v) is 3.33. The van der Waals surface area contributed by atoms with Gasteiger partial charge < -0.3 is 14.7 Å². The van der Waals surface area contributed by atoms with Gasteiger partial charge in [0.2, 0.25) is 0 Å². The number of amides is 1. The van der Waals surface area contributed by atoms with Gasteiger partial charge in [-0.3, -0.25) is 9.59 Å². The standard InChI is InChI=1S/C22H31NO4/c1-6-7-8-13-23-19(16-9-11-17(12-10-16)27-15(4)5)18(20(24)14(2)3)21(25)22(23)26/h9-12,14-15,19,25H,6-8,13H2,1-5H3. The van der Waals surface area contributed by atoms with Crippen LogP contribution >= 0.6 is 0 Å². The van der Waals surface area contributed by atoms with E-state index in [9.17, 15) is 14.7 Å². The van der Waals surface area contributed by atoms with Crippen molar-refractivity contribution in [3.05, 3.63) is 41.2 Å². The molecule has 148 valence electrons. The number of ether oxygens (including phenoxy) is 1. The third-order valence-corrected chi connectivity index (χ3v) is 4.66. The first kappa shape index (κ1) is 21.0. The molecule has 1 aliphatic rings. The third kappa shape index (κ3) is 4.71. The van der Waals surface area contributed by atoms with Crippen LogP contribution in [0.5, 0.6) is 5.75 Å². The van der Waals surface area contributed by atoms with Crippen LogP contribution in [0.1, 0.15) is 65.5 Å². The summed E-state index contributed by atoms with van der Waals surface area (Å²) in [5.41, 5.74) is 1.02. The zero-order valence-electron chi connectivity index (χ0n) is 17.0. The predicted molar refractivity (Wildman–Crippen MR) is 106 cm³/mol. The second-order valence-electron chi connectivity index (χ2n) is 7.63. The van der Waals surface area contributed by atoms with E-state index in [0.29, 0.717) is 6.54 Å². The molecule has 5 heteroatoms. The molecular formula is C22H31NO4. The summed E-state index contributed by atoms with van der Waals surface area (Å²) in [6.07, 6.45) is 2.93. The van der Waals surface area contributed by atoms with Crippen LogP contribution in [-0.2, 0) is 9.59 Å². The van der Waals surface area contributed by atoms with E-state index in [0.717, 1.165) is 30.6 Å². The second kappa shape index (κ2) is 9.07. The number of hydrogen-bond donors (Lipinski definition) is 1. The Bertz CT molecular complexity index is 704. The fraction of sp³-hybridized carbons (Fsp3) is 0.545. The van der Waals surface area contributed by atoms with Crippen molar-refractivity contribution >= 4 is 11.7 Å². The molecular weight excluding hydrogens is 342 g/mol. The van der Waals surface area contributed by atoms with Gasteiger partial charge in [-0.05, 0) is 38.0 Å². The van der Waals surface area contributed by atoms with Gasteiger partial charge in [-0.1, -0.05) is 45.7 Å². The molecule has 0 radical (unpaired) electrons. The lowest BCUT2D eigenvalue weighted by molar-refractivity contribution is -0.129. The minimum absolute atomic E-state index is 0.0662. The Balaban J connectivity index is 2.40. The van der Waals surface area contributed by atoms with Crippen molar-refractivity contribution in [3.63, 3.8) is 0 Å². The Morgan fingerprint density at radius 2 is 1.78 bits per heavy atom. The first-order valence-electron chi connectivity index (χ1n) is 9.82. The van der Waals surface area contributed by atoms with Crippen LogP contribution in [0, 0.1) is 5.92 Å². The van der Waals surface area contributed by atoms with E-state index < -0.39 is 17.7 Å². The molecule has 1 aliphatic heterocycles. The van der Waals surface area contributed by atoms with Crippen LogP contribution in [-0.4, -0.2) is 34.3 Å². The molecule has 0 saturated carbocycles. The molecule has 1 atom stereocenters. The monoisotopic (exact) mass is 373 g/mol. The molecule has 1 aromatic rings. The van der Waals surface area contributed by atoms with E-state index in [4.69, 9.17) is 4.74 Å². The number of nitrogens with zero attached hydrogens (tertiary/aromatic N) is 1. The SMILES string of the molecule is CCCCCN1C(=O)C(O)=C(C(=O)C(C)C)C1c1ccc(OC(C)C)cc1. The number of rotatable bonds is 9. The van der Waals surface area contributed by atoms with Gasteiger partial charge >= 0.3 is 0 Å². The molecule has 2 rings (SSSR count). The summed E-state index contributed by atoms with van der Waals surface area (Å²) in [6, 6.07) is 6.88. The van der Waals surface area contributed by atoms with E-state index >= 15 is 0 Å². The molecule has 0 fully saturated rings. The molecule has 0 bridgehead atoms. The maximum Gasteiger partial charge on any atom is 0.290 e. The zero-order valence-corrected chi connectivity index (χ0v) is 17.0. The number of aliphatic hydroxyl groups excluding tert-OH is 1. The molecule has 0 aliphatic carbocycles. The van der Waals surface area contributed by atoms with Crippen molar-refractivity contribution in [1.82, 2.24) is 4.90 Å². The Morgan fingerprint density at radius 3 is 2.30 bits per heavy atom. The van der Waals surface area contributed by atoms with Crippen molar-refractivity contribution < 1.29 is 19.4 Å². The molecule has 1 N–H and O–H groups in total. The summed E-state index contributed by atoms with van der Waals surface area (Å²) in [5, 5.41) is 10.5. The van der Waals surface area contributed by atoms with Crippen LogP contribution in [0.2, 0.25) is 0 Å². The number of Topliss-reactive ketones (excluding diaryl/α,β-unsaturated/α-hetero) is 1. The van der Waals surface area contributed by atoms with Gasteiger partial charge in [-0.25, -0.2) is 0 Å². The highest BCUT2D eigenvalue weighted by molar-refractivity contribution is 6.09. The Labute approximate surface area is 162 Å². The van der Waals surface area contributed by atoms with Crippen molar-refractivity contribution in [2.24, 2.45) is 5.92 Å². The zero-order chi connectivity index (χ0) is 20.1. The maximum atomic E-state index is 12.8. The Morgan fingerprint density at radius 1 is 1.15 bits per heavy atom. The van der Waals surface area contributed by atoms with E-state index in [1.54, 1.807) is 18.7 Å². The van der Waals surface area contributed by atoms with Gasteiger partial charge in [0.15, 0.2) is 11.5 Å². The maximum absolute atomic E-state index is 12.8. The van der Waals surface area contributed by atoms with Crippen LogP contribution in [0.4, 0.5) is 0 Å². The van der Waals surface area contributed by atoms with E-state index in [1.165, 1.54) is 0 Å². The molecule has 1 unspecified atom stereocenters. The Hall–Kier alpha value is -2.30. The lowest BCUT2D eigenvalue weighted by atomic mass is 9.91. The number of carbonyl (C=O) groups excluding carboxylic acids is 2. The van der Waals surface area contributed by atoms with E-state index in [2.05, 4.69) is 6.92 Å². The first-order chi connectivity index (χ1) is 12.8. The molecule has 1 amide bonds. The fourth-order valence-electron chi connectivity index (χ4n) is 3.33. The summed E-state index contributed by atoms with van der Waals surface area (Å²) < 4.78 is 5.68. The number of aliphatic hydroxyl groups is 1. The van der Waals surface area contributed by atoms with Crippen molar-refractivity contribution in [2.75, 3.05) is 6.54 Å². The quantitative estimate of drug-likeness (QED) is 0.643. The molecule has 1 aromatic carbocycles. The van der Waals surface area contributed by atoms with Gasteiger partial charge in [0.25, 0.3) is 5.91 Å². The van der Waals surface area contributed by atoms with E-state index in [-0.39, 0.29) is 23.4 Å². The van der Waals surface area contributed by atoms with Gasteiger partial charge in [0, 0.05) is 12.5 Å². The Kier molecular flexibility index (Phi) is 7.05. The molecule has 27 heavy (non-hydrogen) atoms. The lowest BCUT2D eigenvalue weighted by Crippen LogP contribution is -2.32. The molecule has 0 aromatic heterocycles. The topological polar surface area (TPSA) is 66.8 Å². The molecule has 0 saturated heterocycles. The normalized spacial score (nSPS) is 17.4. The molecule has 5 nitrogen and oxygen atoms in total. The number of carbonyl (C=O) groups is 2. The van der Waals surface area contributed by atoms with Gasteiger partial charge in [0.05, 0.1) is 17.7 Å². The summed E-state index contributed by atoms with van der Waals surface area (Å²) in [5.74, 6) is -0.608. The highest BCUT2D eigenvalue weighted by Crippen LogP contribution is 2.39. The highest BCUT2D eigenvalue weighted by atomic mass is 16.5. The van der Waals surface area contributed by atoms with Gasteiger partial charge in [-0.2, -0.15) is 0 Å². The first-order valence-corrected chi connectivity index (χ1v) is 9.82. The summed E-state index contributed by atoms with van der Waals surface area (Å²) >= 11 is 0. The summed E-state index contributed by atoms with van der Waals surface area (Å²) in [6.45, 7) is 10.1. The van der Waals surface area contributed by atoms with Crippen LogP contribution < -0.4 is 4.74 Å². The third-order valence-electron chi connectivity index (χ3n) is 4.66. The summed E-state index contributed by atoms with van der Waals surface area (Å²) in [4.78, 5) is 27.0. The average Bonchev–Trinajstić information content (AvgIpc) is 2.86. The van der Waals surface area contributed by atoms with Crippen LogP contribution in [0.3, 0.4) is 0 Å². The van der Waals surface area contributed by atoms with Gasteiger partial charge in [-0.15, -0.1) is 0 Å². The van der Waals surface area contributed by atoms with Crippen LogP contribution in [0.25, 0.3) is 0 Å². The van der Waals surface area contributed by atoms with Crippen molar-refractivity contribution in [1.29, 1.82) is 0 Å². The molecule has 0 spiro atoms. The summed E-state index contributed by atoms with van der Waals surface area (Å²) in [7, 11) is 0. The minimum Gasteiger partial charge on any atom is -0.503 e. The minimum atomic E-state index is -0.544. The average molecular weight is 373 g/mol. The number of unbranched alkanes of at least 4 members (excludes halogenated alkanes) is 2.